The fourth-order valence-corrected chi connectivity index (χ4v) is 5.11. The zero-order valence-corrected chi connectivity index (χ0v) is 12.3. The molecule has 0 radical (unpaired) electrons. The van der Waals surface area contributed by atoms with Crippen molar-refractivity contribution >= 4 is 30.6 Å². The lowest BCUT2D eigenvalue weighted by Gasteiger charge is -1.94. The summed E-state index contributed by atoms with van der Waals surface area (Å²) >= 11 is 0. The highest BCUT2D eigenvalue weighted by molar-refractivity contribution is 7.50. The Kier molecular flexibility index (Phi) is 2.74. The van der Waals surface area contributed by atoms with Gasteiger partial charge in [0, 0.05) is 34.7 Å². The highest BCUT2D eigenvalue weighted by atomic mass is 32.2. The van der Waals surface area contributed by atoms with Crippen LogP contribution in [0.1, 0.15) is 0 Å². The van der Waals surface area contributed by atoms with Crippen molar-refractivity contribution in [1.82, 2.24) is 0 Å². The number of phenolic OH excluding ortho intramolecular Hbond substituents is 3. The summed E-state index contributed by atoms with van der Waals surface area (Å²) in [6.07, 6.45) is 0. The minimum absolute atomic E-state index is 0.212. The van der Waals surface area contributed by atoms with Crippen LogP contribution in [0.3, 0.4) is 0 Å². The van der Waals surface area contributed by atoms with Crippen molar-refractivity contribution in [2.75, 3.05) is 0 Å². The number of hydrogen-bond donors (Lipinski definition) is 3. The Hall–Kier alpha value is -2.72. The molecule has 0 aliphatic carbocycles. The van der Waals surface area contributed by atoms with E-state index < -0.39 is 0 Å². The molecule has 22 heavy (non-hydrogen) atoms. The Morgan fingerprint density at radius 2 is 1.00 bits per heavy atom. The molecule has 0 aliphatic rings. The topological polar surface area (TPSA) is 60.7 Å². The van der Waals surface area contributed by atoms with E-state index in [4.69, 9.17) is 0 Å². The SMILES string of the molecule is Oc1ccc(-[s+]2c3ccc(O)cc3c3cc(O)ccc32)cc1. The van der Waals surface area contributed by atoms with Gasteiger partial charge in [-0.3, -0.25) is 0 Å². The van der Waals surface area contributed by atoms with Gasteiger partial charge in [0.05, 0.1) is 10.8 Å². The maximum Gasteiger partial charge on any atom is 0.188 e. The summed E-state index contributed by atoms with van der Waals surface area (Å²) in [6.45, 7) is 0. The summed E-state index contributed by atoms with van der Waals surface area (Å²) in [5.74, 6) is 0.664. The van der Waals surface area contributed by atoms with E-state index in [1.165, 1.54) is 0 Å². The Morgan fingerprint density at radius 1 is 0.545 bits per heavy atom. The summed E-state index contributed by atoms with van der Waals surface area (Å²) in [5, 5.41) is 31.0. The lowest BCUT2D eigenvalue weighted by molar-refractivity contribution is 0.475. The van der Waals surface area contributed by atoms with Gasteiger partial charge in [-0.05, 0) is 36.4 Å². The number of rotatable bonds is 1. The fraction of sp³-hybridized carbons (Fsp3) is 0. The molecule has 0 atom stereocenters. The Bertz CT molecular complexity index is 941. The molecule has 0 bridgehead atoms. The molecule has 4 rings (SSSR count). The Labute approximate surface area is 129 Å². The first-order valence-electron chi connectivity index (χ1n) is 6.83. The minimum atomic E-state index is -0.299. The summed E-state index contributed by atoms with van der Waals surface area (Å²) in [5.41, 5.74) is 0. The summed E-state index contributed by atoms with van der Waals surface area (Å²) < 4.78 is 2.23. The molecule has 0 fully saturated rings. The molecule has 0 aliphatic heterocycles. The smallest absolute Gasteiger partial charge is 0.188 e. The summed E-state index contributed by atoms with van der Waals surface area (Å²) in [6, 6.07) is 17.9. The maximum atomic E-state index is 9.79. The molecule has 0 amide bonds. The molecular weight excluding hydrogens is 296 g/mol. The number of thiophene rings is 1. The van der Waals surface area contributed by atoms with Crippen LogP contribution in [0.15, 0.2) is 60.7 Å². The van der Waals surface area contributed by atoms with Crippen molar-refractivity contribution in [2.24, 2.45) is 0 Å². The average molecular weight is 309 g/mol. The molecule has 0 unspecified atom stereocenters. The van der Waals surface area contributed by atoms with Crippen LogP contribution in [0.5, 0.6) is 17.2 Å². The highest BCUT2D eigenvalue weighted by Gasteiger charge is 2.24. The van der Waals surface area contributed by atoms with Crippen molar-refractivity contribution in [3.8, 4) is 22.1 Å². The average Bonchev–Trinajstić information content (AvgIpc) is 2.81. The molecule has 108 valence electrons. The maximum absolute atomic E-state index is 9.79. The number of aromatic hydroxyl groups is 3. The van der Waals surface area contributed by atoms with Crippen molar-refractivity contribution in [1.29, 1.82) is 0 Å². The summed E-state index contributed by atoms with van der Waals surface area (Å²) in [7, 11) is -0.299. The first-order valence-corrected chi connectivity index (χ1v) is 8.06. The van der Waals surface area contributed by atoms with Crippen LogP contribution in [0.4, 0.5) is 0 Å². The third-order valence-electron chi connectivity index (χ3n) is 3.73. The van der Waals surface area contributed by atoms with Gasteiger partial charge in [0.2, 0.25) is 0 Å². The third-order valence-corrected chi connectivity index (χ3v) is 6.06. The molecule has 0 saturated heterocycles. The predicted molar refractivity (Wildman–Crippen MR) is 90.3 cm³/mol. The van der Waals surface area contributed by atoms with Gasteiger partial charge in [0.1, 0.15) is 17.2 Å². The van der Waals surface area contributed by atoms with Crippen LogP contribution in [-0.2, 0) is 0 Å². The van der Waals surface area contributed by atoms with E-state index >= 15 is 0 Å². The molecule has 1 heterocycles. The molecule has 4 heteroatoms. The Balaban J connectivity index is 2.17. The predicted octanol–water partition coefficient (Wildman–Crippen LogP) is 4.85. The van der Waals surface area contributed by atoms with E-state index in [1.807, 2.05) is 24.3 Å². The van der Waals surface area contributed by atoms with Gasteiger partial charge in [0.25, 0.3) is 0 Å². The molecular formula is C18H13O3S+. The normalized spacial score (nSPS) is 11.3. The quantitative estimate of drug-likeness (QED) is 0.441. The van der Waals surface area contributed by atoms with Crippen molar-refractivity contribution in [2.45, 2.75) is 0 Å². The van der Waals surface area contributed by atoms with Crippen LogP contribution in [0.25, 0.3) is 25.1 Å². The van der Waals surface area contributed by atoms with E-state index in [9.17, 15) is 15.3 Å². The minimum Gasteiger partial charge on any atom is -0.508 e. The van der Waals surface area contributed by atoms with Crippen molar-refractivity contribution in [3.63, 3.8) is 0 Å². The number of phenols is 3. The van der Waals surface area contributed by atoms with Gasteiger partial charge < -0.3 is 15.3 Å². The van der Waals surface area contributed by atoms with Crippen LogP contribution >= 0.6 is 10.5 Å². The van der Waals surface area contributed by atoms with Crippen molar-refractivity contribution in [3.05, 3.63) is 60.7 Å². The first-order chi connectivity index (χ1) is 10.6. The molecule has 1 aromatic heterocycles. The van der Waals surface area contributed by atoms with Crippen molar-refractivity contribution < 1.29 is 15.3 Å². The Morgan fingerprint density at radius 3 is 1.50 bits per heavy atom. The van der Waals surface area contributed by atoms with Gasteiger partial charge in [0.15, 0.2) is 14.3 Å². The molecule has 4 aromatic rings. The zero-order valence-electron chi connectivity index (χ0n) is 11.5. The van der Waals surface area contributed by atoms with Crippen LogP contribution in [-0.4, -0.2) is 15.3 Å². The zero-order chi connectivity index (χ0) is 15.3. The number of benzene rings is 3. The fourth-order valence-electron chi connectivity index (χ4n) is 2.77. The molecule has 3 N–H and O–H groups in total. The lowest BCUT2D eigenvalue weighted by Crippen LogP contribution is -1.70. The van der Waals surface area contributed by atoms with Gasteiger partial charge in [-0.15, -0.1) is 0 Å². The van der Waals surface area contributed by atoms with E-state index in [-0.39, 0.29) is 27.7 Å². The van der Waals surface area contributed by atoms with E-state index in [2.05, 4.69) is 0 Å². The number of fused-ring (bicyclic) bond motifs is 3. The van der Waals surface area contributed by atoms with Gasteiger partial charge in [-0.2, -0.15) is 0 Å². The summed E-state index contributed by atoms with van der Waals surface area (Å²) in [4.78, 5) is 1.09. The second kappa shape index (κ2) is 4.64. The van der Waals surface area contributed by atoms with Crippen LogP contribution < -0.4 is 0 Å². The standard InChI is InChI=1S/C18H12O3S/c19-11-1-5-14(6-2-11)22-17-7-3-12(20)9-15(17)16-10-13(21)4-8-18(16)22/h1-10H,(H2-,19,20,21)/p+1. The molecule has 0 saturated carbocycles. The monoisotopic (exact) mass is 309 g/mol. The third kappa shape index (κ3) is 1.89. The largest absolute Gasteiger partial charge is 0.508 e. The molecule has 3 aromatic carbocycles. The van der Waals surface area contributed by atoms with Gasteiger partial charge >= 0.3 is 0 Å². The van der Waals surface area contributed by atoms with E-state index in [1.54, 1.807) is 36.4 Å². The lowest BCUT2D eigenvalue weighted by atomic mass is 10.1. The molecule has 3 nitrogen and oxygen atoms in total. The van der Waals surface area contributed by atoms with Gasteiger partial charge in [-0.25, -0.2) is 0 Å². The number of hydrogen-bond acceptors (Lipinski definition) is 3. The van der Waals surface area contributed by atoms with Crippen LogP contribution in [0.2, 0.25) is 0 Å². The first kappa shape index (κ1) is 13.0. The van der Waals surface area contributed by atoms with Gasteiger partial charge in [-0.1, -0.05) is 0 Å². The van der Waals surface area contributed by atoms with E-state index in [0.717, 1.165) is 25.1 Å². The second-order valence-corrected chi connectivity index (χ2v) is 7.12. The van der Waals surface area contributed by atoms with Crippen LogP contribution in [0, 0.1) is 0 Å². The molecule has 0 spiro atoms. The second-order valence-electron chi connectivity index (χ2n) is 5.16. The van der Waals surface area contributed by atoms with E-state index in [0.29, 0.717) is 0 Å². The highest BCUT2D eigenvalue weighted by Crippen LogP contribution is 2.49.